The van der Waals surface area contributed by atoms with Crippen LogP contribution >= 0.6 is 0 Å². The van der Waals surface area contributed by atoms with Crippen LogP contribution in [0.5, 0.6) is 0 Å². The summed E-state index contributed by atoms with van der Waals surface area (Å²) < 4.78 is 28.1. The van der Waals surface area contributed by atoms with Crippen LogP contribution in [0, 0.1) is 0 Å². The van der Waals surface area contributed by atoms with Crippen LogP contribution in [0.15, 0.2) is 35.5 Å². The second-order valence-corrected chi connectivity index (χ2v) is 5.78. The Morgan fingerprint density at radius 2 is 2.16 bits per heavy atom. The molecule has 19 heavy (non-hydrogen) atoms. The first-order chi connectivity index (χ1) is 8.99. The molecule has 8 heteroatoms. The van der Waals surface area contributed by atoms with Gasteiger partial charge in [0, 0.05) is 38.1 Å². The lowest BCUT2D eigenvalue weighted by Gasteiger charge is -2.06. The SMILES string of the molecule is Cn1nccc1CCNS(=O)(=O)c1ccc(N)nc1. The number of rotatable bonds is 5. The van der Waals surface area contributed by atoms with E-state index in [1.54, 1.807) is 10.9 Å². The molecule has 0 amide bonds. The van der Waals surface area contributed by atoms with Gasteiger partial charge in [0.05, 0.1) is 0 Å². The third-order valence-electron chi connectivity index (χ3n) is 2.67. The van der Waals surface area contributed by atoms with Gasteiger partial charge in [-0.1, -0.05) is 0 Å². The van der Waals surface area contributed by atoms with E-state index >= 15 is 0 Å². The van der Waals surface area contributed by atoms with E-state index in [1.165, 1.54) is 18.3 Å². The van der Waals surface area contributed by atoms with Crippen molar-refractivity contribution in [3.63, 3.8) is 0 Å². The summed E-state index contributed by atoms with van der Waals surface area (Å²) in [6.45, 7) is 0.298. The van der Waals surface area contributed by atoms with E-state index in [0.717, 1.165) is 5.69 Å². The second kappa shape index (κ2) is 5.37. The summed E-state index contributed by atoms with van der Waals surface area (Å²) in [4.78, 5) is 3.87. The average molecular weight is 281 g/mol. The van der Waals surface area contributed by atoms with E-state index in [1.807, 2.05) is 13.1 Å². The van der Waals surface area contributed by atoms with Crippen LogP contribution in [-0.2, 0) is 23.5 Å². The second-order valence-electron chi connectivity index (χ2n) is 4.01. The minimum atomic E-state index is -3.54. The lowest BCUT2D eigenvalue weighted by Crippen LogP contribution is -2.26. The molecule has 0 radical (unpaired) electrons. The minimum Gasteiger partial charge on any atom is -0.384 e. The van der Waals surface area contributed by atoms with Crippen molar-refractivity contribution in [2.24, 2.45) is 7.05 Å². The van der Waals surface area contributed by atoms with Gasteiger partial charge in [0.2, 0.25) is 10.0 Å². The Morgan fingerprint density at radius 1 is 1.37 bits per heavy atom. The molecule has 0 aliphatic rings. The van der Waals surface area contributed by atoms with Gasteiger partial charge in [-0.05, 0) is 18.2 Å². The van der Waals surface area contributed by atoms with Crippen molar-refractivity contribution < 1.29 is 8.42 Å². The number of nitrogens with two attached hydrogens (primary N) is 1. The molecular weight excluding hydrogens is 266 g/mol. The molecule has 2 aromatic heterocycles. The number of anilines is 1. The first kappa shape index (κ1) is 13.5. The summed E-state index contributed by atoms with van der Waals surface area (Å²) in [5.74, 6) is 0.286. The summed E-state index contributed by atoms with van der Waals surface area (Å²) in [5.41, 5.74) is 6.37. The third kappa shape index (κ3) is 3.30. The van der Waals surface area contributed by atoms with Gasteiger partial charge in [0.15, 0.2) is 0 Å². The highest BCUT2D eigenvalue weighted by molar-refractivity contribution is 7.89. The number of aryl methyl sites for hydroxylation is 1. The summed E-state index contributed by atoms with van der Waals surface area (Å²) in [6.07, 6.45) is 3.48. The van der Waals surface area contributed by atoms with E-state index < -0.39 is 10.0 Å². The first-order valence-electron chi connectivity index (χ1n) is 5.67. The third-order valence-corrected chi connectivity index (χ3v) is 4.11. The topological polar surface area (TPSA) is 103 Å². The van der Waals surface area contributed by atoms with E-state index in [4.69, 9.17) is 5.73 Å². The largest absolute Gasteiger partial charge is 0.384 e. The number of nitrogen functional groups attached to an aromatic ring is 1. The van der Waals surface area contributed by atoms with Crippen LogP contribution in [0.2, 0.25) is 0 Å². The summed E-state index contributed by atoms with van der Waals surface area (Å²) in [7, 11) is -1.73. The maximum Gasteiger partial charge on any atom is 0.242 e. The predicted octanol–water partition coefficient (Wildman–Crippen LogP) is -0.0817. The van der Waals surface area contributed by atoms with Crippen molar-refractivity contribution >= 4 is 15.8 Å². The number of hydrogen-bond donors (Lipinski definition) is 2. The Hall–Kier alpha value is -1.93. The minimum absolute atomic E-state index is 0.103. The van der Waals surface area contributed by atoms with Gasteiger partial charge >= 0.3 is 0 Å². The fraction of sp³-hybridized carbons (Fsp3) is 0.273. The molecule has 2 rings (SSSR count). The zero-order valence-electron chi connectivity index (χ0n) is 10.4. The lowest BCUT2D eigenvalue weighted by atomic mass is 10.3. The summed E-state index contributed by atoms with van der Waals surface area (Å²) in [5, 5.41) is 4.02. The van der Waals surface area contributed by atoms with Crippen LogP contribution < -0.4 is 10.5 Å². The number of hydrogen-bond acceptors (Lipinski definition) is 5. The first-order valence-corrected chi connectivity index (χ1v) is 7.15. The van der Waals surface area contributed by atoms with Gasteiger partial charge in [-0.3, -0.25) is 4.68 Å². The zero-order valence-corrected chi connectivity index (χ0v) is 11.3. The van der Waals surface area contributed by atoms with Gasteiger partial charge in [-0.25, -0.2) is 18.1 Å². The molecule has 0 saturated heterocycles. The molecule has 0 aromatic carbocycles. The number of pyridine rings is 1. The summed E-state index contributed by atoms with van der Waals surface area (Å²) >= 11 is 0. The van der Waals surface area contributed by atoms with E-state index in [9.17, 15) is 8.42 Å². The molecule has 2 aromatic rings. The number of nitrogens with zero attached hydrogens (tertiary/aromatic N) is 3. The van der Waals surface area contributed by atoms with E-state index in [0.29, 0.717) is 13.0 Å². The molecule has 2 heterocycles. The molecule has 102 valence electrons. The molecule has 0 aliphatic carbocycles. The normalized spacial score (nSPS) is 11.6. The molecule has 0 aliphatic heterocycles. The van der Waals surface area contributed by atoms with Crippen molar-refractivity contribution in [2.75, 3.05) is 12.3 Å². The van der Waals surface area contributed by atoms with Gasteiger partial charge in [0.1, 0.15) is 10.7 Å². The van der Waals surface area contributed by atoms with Gasteiger partial charge in [-0.15, -0.1) is 0 Å². The molecule has 3 N–H and O–H groups in total. The molecule has 0 atom stereocenters. The predicted molar refractivity (Wildman–Crippen MR) is 70.7 cm³/mol. The molecule has 0 saturated carbocycles. The highest BCUT2D eigenvalue weighted by atomic mass is 32.2. The van der Waals surface area contributed by atoms with Crippen molar-refractivity contribution in [3.05, 3.63) is 36.3 Å². The number of sulfonamides is 1. The highest BCUT2D eigenvalue weighted by Crippen LogP contribution is 2.08. The van der Waals surface area contributed by atoms with Crippen LogP contribution in [0.25, 0.3) is 0 Å². The Bertz CT molecular complexity index is 648. The number of nitrogens with one attached hydrogen (secondary N) is 1. The van der Waals surface area contributed by atoms with Gasteiger partial charge in [0.25, 0.3) is 0 Å². The zero-order chi connectivity index (χ0) is 13.9. The average Bonchev–Trinajstić information content (AvgIpc) is 2.75. The van der Waals surface area contributed by atoms with Crippen LogP contribution in [0.4, 0.5) is 5.82 Å². The fourth-order valence-corrected chi connectivity index (χ4v) is 2.57. The van der Waals surface area contributed by atoms with Crippen molar-refractivity contribution in [1.82, 2.24) is 19.5 Å². The smallest absolute Gasteiger partial charge is 0.242 e. The Balaban J connectivity index is 1.98. The van der Waals surface area contributed by atoms with Crippen LogP contribution in [0.1, 0.15) is 5.69 Å². The van der Waals surface area contributed by atoms with Crippen LogP contribution in [-0.4, -0.2) is 29.7 Å². The van der Waals surface area contributed by atoms with Crippen molar-refractivity contribution in [3.8, 4) is 0 Å². The maximum absolute atomic E-state index is 11.9. The lowest BCUT2D eigenvalue weighted by molar-refractivity contribution is 0.579. The van der Waals surface area contributed by atoms with Crippen molar-refractivity contribution in [2.45, 2.75) is 11.3 Å². The Labute approximate surface area is 111 Å². The molecule has 7 nitrogen and oxygen atoms in total. The Morgan fingerprint density at radius 3 is 2.74 bits per heavy atom. The highest BCUT2D eigenvalue weighted by Gasteiger charge is 2.13. The van der Waals surface area contributed by atoms with Crippen molar-refractivity contribution in [1.29, 1.82) is 0 Å². The fourth-order valence-electron chi connectivity index (χ4n) is 1.59. The van der Waals surface area contributed by atoms with E-state index in [2.05, 4.69) is 14.8 Å². The quantitative estimate of drug-likeness (QED) is 0.798. The monoisotopic (exact) mass is 281 g/mol. The molecular formula is C11H15N5O2S. The summed E-state index contributed by atoms with van der Waals surface area (Å²) in [6, 6.07) is 4.73. The molecule has 0 unspecified atom stereocenters. The van der Waals surface area contributed by atoms with Gasteiger partial charge in [-0.2, -0.15) is 5.10 Å². The standard InChI is InChI=1S/C11H15N5O2S/c1-16-9(4-6-14-16)5-7-15-19(17,18)10-2-3-11(12)13-8-10/h2-4,6,8,15H,5,7H2,1H3,(H2,12,13). The van der Waals surface area contributed by atoms with Gasteiger partial charge < -0.3 is 5.73 Å². The molecule has 0 bridgehead atoms. The maximum atomic E-state index is 11.9. The molecule has 0 spiro atoms. The van der Waals surface area contributed by atoms with Crippen LogP contribution in [0.3, 0.4) is 0 Å². The Kier molecular flexibility index (Phi) is 3.82. The van der Waals surface area contributed by atoms with E-state index in [-0.39, 0.29) is 10.7 Å². The molecule has 0 fully saturated rings. The number of aromatic nitrogens is 3.